The van der Waals surface area contributed by atoms with Crippen LogP contribution in [0.4, 0.5) is 0 Å². The van der Waals surface area contributed by atoms with Crippen molar-refractivity contribution in [3.63, 3.8) is 0 Å². The van der Waals surface area contributed by atoms with Crippen molar-refractivity contribution in [2.75, 3.05) is 0 Å². The minimum absolute atomic E-state index is 0.389. The first-order valence-corrected chi connectivity index (χ1v) is 4.23. The third-order valence-electron chi connectivity index (χ3n) is 1.46. The zero-order valence-electron chi connectivity index (χ0n) is 8.25. The van der Waals surface area contributed by atoms with E-state index in [1.807, 2.05) is 0 Å². The molecule has 0 aliphatic carbocycles. The van der Waals surface area contributed by atoms with Gasteiger partial charge in [-0.2, -0.15) is 0 Å². The number of hydrogen-bond donors (Lipinski definition) is 0. The van der Waals surface area contributed by atoms with Crippen LogP contribution in [0, 0.1) is 0 Å². The van der Waals surface area contributed by atoms with Gasteiger partial charge in [0.1, 0.15) is 0 Å². The Kier molecular flexibility index (Phi) is 6.60. The second-order valence-corrected chi connectivity index (χ2v) is 3.01. The molecule has 0 radical (unpaired) electrons. The highest BCUT2D eigenvalue weighted by molar-refractivity contribution is 5.38. The van der Waals surface area contributed by atoms with Gasteiger partial charge in [-0.3, -0.25) is 4.79 Å². The summed E-state index contributed by atoms with van der Waals surface area (Å²) in [5, 5.41) is 0. The van der Waals surface area contributed by atoms with Crippen molar-refractivity contribution < 1.29 is 9.53 Å². The van der Waals surface area contributed by atoms with Crippen LogP contribution >= 0.6 is 0 Å². The van der Waals surface area contributed by atoms with Gasteiger partial charge in [0.2, 0.25) is 0 Å². The van der Waals surface area contributed by atoms with Gasteiger partial charge in [0.05, 0.1) is 6.26 Å². The SMILES string of the molecule is C=C(C=COC=O)CCC=C(C)C. The lowest BCUT2D eigenvalue weighted by molar-refractivity contribution is -0.123. The number of carbonyl (C=O) groups is 1. The molecular formula is C11H16O2. The molecule has 0 spiro atoms. The van der Waals surface area contributed by atoms with E-state index in [1.165, 1.54) is 11.8 Å². The van der Waals surface area contributed by atoms with Crippen molar-refractivity contribution in [1.29, 1.82) is 0 Å². The molecule has 0 aliphatic heterocycles. The van der Waals surface area contributed by atoms with Crippen molar-refractivity contribution in [2.45, 2.75) is 26.7 Å². The maximum Gasteiger partial charge on any atom is 0.297 e. The normalized spacial score (nSPS) is 9.69. The van der Waals surface area contributed by atoms with Gasteiger partial charge in [-0.15, -0.1) is 0 Å². The fourth-order valence-corrected chi connectivity index (χ4v) is 0.797. The first-order valence-electron chi connectivity index (χ1n) is 4.23. The van der Waals surface area contributed by atoms with Crippen molar-refractivity contribution in [1.82, 2.24) is 0 Å². The monoisotopic (exact) mass is 180 g/mol. The van der Waals surface area contributed by atoms with E-state index in [-0.39, 0.29) is 0 Å². The molecule has 0 atom stereocenters. The van der Waals surface area contributed by atoms with E-state index in [4.69, 9.17) is 0 Å². The first kappa shape index (κ1) is 11.7. The molecule has 0 aromatic heterocycles. The third kappa shape index (κ3) is 8.60. The maximum atomic E-state index is 9.78. The van der Waals surface area contributed by atoms with Crippen LogP contribution in [0.5, 0.6) is 0 Å². The van der Waals surface area contributed by atoms with Crippen LogP contribution < -0.4 is 0 Å². The van der Waals surface area contributed by atoms with Crippen LogP contribution in [0.1, 0.15) is 26.7 Å². The average molecular weight is 180 g/mol. The third-order valence-corrected chi connectivity index (χ3v) is 1.46. The summed E-state index contributed by atoms with van der Waals surface area (Å²) < 4.78 is 4.39. The quantitative estimate of drug-likeness (QED) is 0.272. The van der Waals surface area contributed by atoms with Gasteiger partial charge < -0.3 is 4.74 Å². The Bertz CT molecular complexity index is 220. The number of hydrogen-bond acceptors (Lipinski definition) is 2. The number of ether oxygens (including phenoxy) is 1. The number of allylic oxidation sites excluding steroid dienone is 4. The maximum absolute atomic E-state index is 9.78. The molecule has 2 nitrogen and oxygen atoms in total. The van der Waals surface area contributed by atoms with Gasteiger partial charge in [-0.25, -0.2) is 0 Å². The molecule has 0 amide bonds. The fraction of sp³-hybridized carbons (Fsp3) is 0.364. The number of rotatable bonds is 6. The van der Waals surface area contributed by atoms with Crippen molar-refractivity contribution in [3.8, 4) is 0 Å². The summed E-state index contributed by atoms with van der Waals surface area (Å²) in [6.07, 6.45) is 7.07. The van der Waals surface area contributed by atoms with Gasteiger partial charge >= 0.3 is 0 Å². The van der Waals surface area contributed by atoms with Crippen LogP contribution in [-0.2, 0) is 9.53 Å². The van der Waals surface area contributed by atoms with Crippen molar-refractivity contribution in [2.24, 2.45) is 0 Å². The molecule has 0 aromatic carbocycles. The van der Waals surface area contributed by atoms with E-state index < -0.39 is 0 Å². The molecule has 0 unspecified atom stereocenters. The molecular weight excluding hydrogens is 164 g/mol. The Morgan fingerprint density at radius 1 is 1.46 bits per heavy atom. The molecule has 0 fully saturated rings. The minimum Gasteiger partial charge on any atom is -0.437 e. The van der Waals surface area contributed by atoms with Gasteiger partial charge in [0.25, 0.3) is 6.47 Å². The topological polar surface area (TPSA) is 26.3 Å². The Hall–Kier alpha value is -1.31. The van der Waals surface area contributed by atoms with E-state index in [0.717, 1.165) is 18.4 Å². The Labute approximate surface area is 79.6 Å². The zero-order chi connectivity index (χ0) is 10.1. The molecule has 0 N–H and O–H groups in total. The van der Waals surface area contributed by atoms with Crippen LogP contribution in [0.3, 0.4) is 0 Å². The lowest BCUT2D eigenvalue weighted by Gasteiger charge is -1.96. The predicted molar refractivity (Wildman–Crippen MR) is 54.1 cm³/mol. The molecule has 0 heterocycles. The fourth-order valence-electron chi connectivity index (χ4n) is 0.797. The highest BCUT2D eigenvalue weighted by Crippen LogP contribution is 2.06. The van der Waals surface area contributed by atoms with E-state index in [0.29, 0.717) is 6.47 Å². The largest absolute Gasteiger partial charge is 0.437 e. The summed E-state index contributed by atoms with van der Waals surface area (Å²) in [6, 6.07) is 0. The van der Waals surface area contributed by atoms with Crippen LogP contribution in [0.15, 0.2) is 36.1 Å². The summed E-state index contributed by atoms with van der Waals surface area (Å²) in [7, 11) is 0. The van der Waals surface area contributed by atoms with Gasteiger partial charge in [-0.05, 0) is 32.8 Å². The Morgan fingerprint density at radius 2 is 2.15 bits per heavy atom. The lowest BCUT2D eigenvalue weighted by atomic mass is 10.1. The molecule has 72 valence electrons. The molecule has 0 saturated heterocycles. The zero-order valence-corrected chi connectivity index (χ0v) is 8.25. The molecule has 0 aliphatic rings. The number of carbonyl (C=O) groups excluding carboxylic acids is 1. The Balaban J connectivity index is 3.63. The summed E-state index contributed by atoms with van der Waals surface area (Å²) in [5.41, 5.74) is 2.26. The average Bonchev–Trinajstić information content (AvgIpc) is 2.04. The standard InChI is InChI=1S/C11H16O2/c1-10(2)5-4-6-11(3)7-8-13-9-12/h5,7-9H,3-4,6H2,1-2H3. The van der Waals surface area contributed by atoms with E-state index in [1.54, 1.807) is 6.08 Å². The van der Waals surface area contributed by atoms with Gasteiger partial charge in [0, 0.05) is 0 Å². The van der Waals surface area contributed by atoms with Gasteiger partial charge in [0.15, 0.2) is 0 Å². The summed E-state index contributed by atoms with van der Waals surface area (Å²) in [4.78, 5) is 9.78. The second-order valence-electron chi connectivity index (χ2n) is 3.01. The first-order chi connectivity index (χ1) is 6.16. The van der Waals surface area contributed by atoms with Crippen LogP contribution in [0.2, 0.25) is 0 Å². The second kappa shape index (κ2) is 7.35. The molecule has 13 heavy (non-hydrogen) atoms. The molecule has 0 aromatic rings. The highest BCUT2D eigenvalue weighted by atomic mass is 16.5. The van der Waals surface area contributed by atoms with E-state index in [9.17, 15) is 4.79 Å². The molecule has 0 rings (SSSR count). The molecule has 0 bridgehead atoms. The predicted octanol–water partition coefficient (Wildman–Crippen LogP) is 2.98. The Morgan fingerprint density at radius 3 is 2.69 bits per heavy atom. The van der Waals surface area contributed by atoms with Crippen LogP contribution in [0.25, 0.3) is 0 Å². The van der Waals surface area contributed by atoms with Crippen molar-refractivity contribution >= 4 is 6.47 Å². The summed E-state index contributed by atoms with van der Waals surface area (Å²) in [5.74, 6) is 0. The van der Waals surface area contributed by atoms with E-state index in [2.05, 4.69) is 31.2 Å². The minimum atomic E-state index is 0.389. The highest BCUT2D eigenvalue weighted by Gasteiger charge is 1.87. The summed E-state index contributed by atoms with van der Waals surface area (Å²) in [6.45, 7) is 8.33. The van der Waals surface area contributed by atoms with Crippen LogP contribution in [-0.4, -0.2) is 6.47 Å². The van der Waals surface area contributed by atoms with Crippen molar-refractivity contribution in [3.05, 3.63) is 36.1 Å². The molecule has 0 saturated carbocycles. The van der Waals surface area contributed by atoms with Gasteiger partial charge in [-0.1, -0.05) is 23.8 Å². The lowest BCUT2D eigenvalue weighted by Crippen LogP contribution is -1.78. The van der Waals surface area contributed by atoms with E-state index >= 15 is 0 Å². The smallest absolute Gasteiger partial charge is 0.297 e. The molecule has 2 heteroatoms. The summed E-state index contributed by atoms with van der Waals surface area (Å²) >= 11 is 0.